The Kier molecular flexibility index (Phi) is 4.98. The maximum Gasteiger partial charge on any atom is 0.230 e. The first-order chi connectivity index (χ1) is 11.2. The van der Waals surface area contributed by atoms with E-state index in [1.807, 2.05) is 35.0 Å². The van der Waals surface area contributed by atoms with E-state index in [1.165, 1.54) is 0 Å². The van der Waals surface area contributed by atoms with Gasteiger partial charge in [0.1, 0.15) is 0 Å². The van der Waals surface area contributed by atoms with Gasteiger partial charge in [-0.05, 0) is 30.5 Å². The molecule has 0 aliphatic carbocycles. The highest BCUT2D eigenvalue weighted by Crippen LogP contribution is 2.35. The van der Waals surface area contributed by atoms with Crippen molar-refractivity contribution in [1.82, 2.24) is 14.9 Å². The number of hydrogen-bond donors (Lipinski definition) is 1. The van der Waals surface area contributed by atoms with Gasteiger partial charge in [-0.25, -0.2) is 4.98 Å². The summed E-state index contributed by atoms with van der Waals surface area (Å²) in [6, 6.07) is 7.58. The van der Waals surface area contributed by atoms with E-state index in [0.717, 1.165) is 5.56 Å². The lowest BCUT2D eigenvalue weighted by molar-refractivity contribution is -0.130. The molecule has 1 aromatic heterocycles. The van der Waals surface area contributed by atoms with E-state index in [4.69, 9.17) is 16.3 Å². The molecule has 1 aliphatic heterocycles. The fourth-order valence-corrected chi connectivity index (χ4v) is 3.15. The minimum atomic E-state index is -0.530. The monoisotopic (exact) mass is 333 g/mol. The van der Waals surface area contributed by atoms with Crippen molar-refractivity contribution in [2.24, 2.45) is 0 Å². The van der Waals surface area contributed by atoms with Crippen LogP contribution >= 0.6 is 11.6 Å². The van der Waals surface area contributed by atoms with Crippen LogP contribution in [0.4, 0.5) is 0 Å². The number of amides is 1. The number of ether oxygens (including phenoxy) is 1. The van der Waals surface area contributed by atoms with Gasteiger partial charge < -0.3 is 14.6 Å². The Bertz CT molecular complexity index is 634. The lowest BCUT2D eigenvalue weighted by Gasteiger charge is -2.36. The van der Waals surface area contributed by atoms with Gasteiger partial charge in [0.15, 0.2) is 0 Å². The summed E-state index contributed by atoms with van der Waals surface area (Å²) >= 11 is 5.98. The molecule has 2 heterocycles. The van der Waals surface area contributed by atoms with Gasteiger partial charge in [0.25, 0.3) is 0 Å². The second-order valence-electron chi connectivity index (χ2n) is 5.76. The average Bonchev–Trinajstić information content (AvgIpc) is 3.09. The number of hydrogen-bond acceptors (Lipinski definition) is 3. The number of halogens is 1. The number of aromatic nitrogens is 2. The quantitative estimate of drug-likeness (QED) is 0.914. The van der Waals surface area contributed by atoms with Crippen molar-refractivity contribution in [2.45, 2.75) is 24.8 Å². The molecule has 0 radical (unpaired) electrons. The van der Waals surface area contributed by atoms with Crippen LogP contribution in [0.25, 0.3) is 0 Å². The van der Waals surface area contributed by atoms with E-state index in [1.54, 1.807) is 12.5 Å². The summed E-state index contributed by atoms with van der Waals surface area (Å²) in [5.41, 5.74) is 0.475. The van der Waals surface area contributed by atoms with Crippen molar-refractivity contribution >= 4 is 17.5 Å². The summed E-state index contributed by atoms with van der Waals surface area (Å²) in [4.78, 5) is 16.9. The number of nitrogens with one attached hydrogen (secondary N) is 1. The fraction of sp³-hybridized carbons (Fsp3) is 0.412. The lowest BCUT2D eigenvalue weighted by atomic mass is 9.73. The summed E-state index contributed by atoms with van der Waals surface area (Å²) < 4.78 is 7.41. The molecule has 1 amide bonds. The number of rotatable bonds is 5. The number of benzene rings is 1. The summed E-state index contributed by atoms with van der Waals surface area (Å²) in [6.07, 6.45) is 6.73. The Labute approximate surface area is 140 Å². The molecular weight excluding hydrogens is 314 g/mol. The summed E-state index contributed by atoms with van der Waals surface area (Å²) in [6.45, 7) is 2.47. The topological polar surface area (TPSA) is 56.2 Å². The molecule has 1 saturated heterocycles. The van der Waals surface area contributed by atoms with Gasteiger partial charge in [-0.15, -0.1) is 0 Å². The number of carbonyl (C=O) groups is 1. The molecule has 1 fully saturated rings. The summed E-state index contributed by atoms with van der Waals surface area (Å²) in [5, 5.41) is 3.75. The summed E-state index contributed by atoms with van der Waals surface area (Å²) in [7, 11) is 0. The maximum atomic E-state index is 12.9. The van der Waals surface area contributed by atoms with Gasteiger partial charge in [-0.1, -0.05) is 23.7 Å². The third-order valence-electron chi connectivity index (χ3n) is 4.39. The van der Waals surface area contributed by atoms with Crippen LogP contribution in [0.3, 0.4) is 0 Å². The van der Waals surface area contributed by atoms with Crippen molar-refractivity contribution in [3.8, 4) is 0 Å². The molecule has 0 spiro atoms. The van der Waals surface area contributed by atoms with Crippen LogP contribution in [0.1, 0.15) is 18.4 Å². The Morgan fingerprint density at radius 2 is 2.04 bits per heavy atom. The molecule has 1 aromatic carbocycles. The van der Waals surface area contributed by atoms with E-state index in [9.17, 15) is 4.79 Å². The highest BCUT2D eigenvalue weighted by molar-refractivity contribution is 6.30. The van der Waals surface area contributed by atoms with Gasteiger partial charge in [-0.2, -0.15) is 0 Å². The maximum absolute atomic E-state index is 12.9. The van der Waals surface area contributed by atoms with E-state index >= 15 is 0 Å². The highest BCUT2D eigenvalue weighted by Gasteiger charge is 2.41. The average molecular weight is 334 g/mol. The molecule has 0 saturated carbocycles. The van der Waals surface area contributed by atoms with Gasteiger partial charge in [-0.3, -0.25) is 4.79 Å². The Morgan fingerprint density at radius 1 is 1.30 bits per heavy atom. The van der Waals surface area contributed by atoms with Gasteiger partial charge in [0.2, 0.25) is 5.91 Å². The van der Waals surface area contributed by atoms with Crippen molar-refractivity contribution < 1.29 is 9.53 Å². The molecule has 23 heavy (non-hydrogen) atoms. The molecular formula is C17H20ClN3O2. The Morgan fingerprint density at radius 3 is 2.70 bits per heavy atom. The van der Waals surface area contributed by atoms with Gasteiger partial charge in [0.05, 0.1) is 11.7 Å². The molecule has 1 aliphatic rings. The third-order valence-corrected chi connectivity index (χ3v) is 4.64. The zero-order chi connectivity index (χ0) is 16.1. The zero-order valence-corrected chi connectivity index (χ0v) is 13.6. The molecule has 0 atom stereocenters. The molecule has 0 unspecified atom stereocenters. The van der Waals surface area contributed by atoms with Crippen molar-refractivity contribution in [1.29, 1.82) is 0 Å². The second-order valence-corrected chi connectivity index (χ2v) is 6.19. The third kappa shape index (κ3) is 3.57. The first kappa shape index (κ1) is 16.0. The molecule has 5 nitrogen and oxygen atoms in total. The summed E-state index contributed by atoms with van der Waals surface area (Å²) in [5.74, 6) is 0.0586. The zero-order valence-electron chi connectivity index (χ0n) is 12.9. The molecule has 3 rings (SSSR count). The van der Waals surface area contributed by atoms with E-state index < -0.39 is 5.41 Å². The first-order valence-electron chi connectivity index (χ1n) is 7.78. The van der Waals surface area contributed by atoms with Gasteiger partial charge >= 0.3 is 0 Å². The second kappa shape index (κ2) is 7.15. The largest absolute Gasteiger partial charge is 0.381 e. The van der Waals surface area contributed by atoms with E-state index in [-0.39, 0.29) is 5.91 Å². The van der Waals surface area contributed by atoms with Crippen LogP contribution in [-0.2, 0) is 21.5 Å². The minimum absolute atomic E-state index is 0.0586. The Balaban J connectivity index is 1.72. The van der Waals surface area contributed by atoms with Crippen LogP contribution in [0.2, 0.25) is 5.02 Å². The molecule has 0 bridgehead atoms. The van der Waals surface area contributed by atoms with Crippen LogP contribution < -0.4 is 5.32 Å². The van der Waals surface area contributed by atoms with Gasteiger partial charge in [0, 0.05) is 43.7 Å². The molecule has 6 heteroatoms. The van der Waals surface area contributed by atoms with Crippen LogP contribution in [0, 0.1) is 0 Å². The van der Waals surface area contributed by atoms with Crippen LogP contribution in [0.15, 0.2) is 43.0 Å². The van der Waals surface area contributed by atoms with E-state index in [2.05, 4.69) is 10.3 Å². The number of imidazole rings is 1. The fourth-order valence-electron chi connectivity index (χ4n) is 3.02. The lowest BCUT2D eigenvalue weighted by Crippen LogP contribution is -2.48. The van der Waals surface area contributed by atoms with Crippen molar-refractivity contribution in [2.75, 3.05) is 19.8 Å². The SMILES string of the molecule is O=C(NCCn1ccnc1)C1(c2ccc(Cl)cc2)CCOCC1. The van der Waals surface area contributed by atoms with Crippen LogP contribution in [-0.4, -0.2) is 35.2 Å². The minimum Gasteiger partial charge on any atom is -0.381 e. The first-order valence-corrected chi connectivity index (χ1v) is 8.16. The van der Waals surface area contributed by atoms with Crippen molar-refractivity contribution in [3.63, 3.8) is 0 Å². The standard InChI is InChI=1S/C17H20ClN3O2/c18-15-3-1-14(2-4-15)17(5-11-23-12-6-17)16(22)20-8-10-21-9-7-19-13-21/h1-4,7,9,13H,5-6,8,10-12H2,(H,20,22). The normalized spacial score (nSPS) is 16.9. The van der Waals surface area contributed by atoms with E-state index in [0.29, 0.717) is 44.2 Å². The molecule has 122 valence electrons. The Hall–Kier alpha value is -1.85. The van der Waals surface area contributed by atoms with Crippen LogP contribution in [0.5, 0.6) is 0 Å². The smallest absolute Gasteiger partial charge is 0.230 e. The predicted octanol–water partition coefficient (Wildman–Crippen LogP) is 2.40. The highest BCUT2D eigenvalue weighted by atomic mass is 35.5. The molecule has 2 aromatic rings. The molecule has 1 N–H and O–H groups in total. The number of nitrogens with zero attached hydrogens (tertiary/aromatic N) is 2. The van der Waals surface area contributed by atoms with Crippen molar-refractivity contribution in [3.05, 3.63) is 53.6 Å². The predicted molar refractivity (Wildman–Crippen MR) is 88.4 cm³/mol. The number of carbonyl (C=O) groups excluding carboxylic acids is 1.